The lowest BCUT2D eigenvalue weighted by Gasteiger charge is -2.03. The number of hydrogen-bond acceptors (Lipinski definition) is 3. The molecule has 2 aromatic carbocycles. The van der Waals surface area contributed by atoms with Crippen LogP contribution in [0.5, 0.6) is 0 Å². The molecule has 3 aromatic rings. The molecule has 0 radical (unpaired) electrons. The molecule has 3 rings (SSSR count). The molecule has 0 aliphatic rings. The molecule has 6 heteroatoms. The molecule has 0 aliphatic carbocycles. The Morgan fingerprint density at radius 1 is 1.09 bits per heavy atom. The Labute approximate surface area is 140 Å². The molecule has 23 heavy (non-hydrogen) atoms. The van der Waals surface area contributed by atoms with E-state index >= 15 is 0 Å². The second-order valence-electron chi connectivity index (χ2n) is 4.86. The Morgan fingerprint density at radius 2 is 1.83 bits per heavy atom. The number of hydrogen-bond donors (Lipinski definition) is 2. The van der Waals surface area contributed by atoms with Crippen molar-refractivity contribution in [3.63, 3.8) is 0 Å². The van der Waals surface area contributed by atoms with Gasteiger partial charge in [-0.05, 0) is 54.6 Å². The third kappa shape index (κ3) is 3.43. The highest BCUT2D eigenvalue weighted by atomic mass is 79.9. The zero-order valence-corrected chi connectivity index (χ0v) is 13.4. The molecule has 1 amide bonds. The fraction of sp³-hybridized carbons (Fsp3) is 0. The minimum absolute atomic E-state index is 0.0964. The van der Waals surface area contributed by atoms with Crippen molar-refractivity contribution in [3.05, 3.63) is 70.6 Å². The highest BCUT2D eigenvalue weighted by Crippen LogP contribution is 2.27. The molecule has 0 saturated heterocycles. The minimum Gasteiger partial charge on any atom is -0.451 e. The number of nitrogens with one attached hydrogen (secondary N) is 1. The maximum atomic E-state index is 13.9. The molecule has 0 spiro atoms. The largest absolute Gasteiger partial charge is 0.451 e. The number of amides is 1. The Kier molecular flexibility index (Phi) is 4.16. The molecule has 116 valence electrons. The molecule has 0 fully saturated rings. The first kappa shape index (κ1) is 15.3. The second kappa shape index (κ2) is 6.26. The van der Waals surface area contributed by atoms with Crippen molar-refractivity contribution in [2.75, 3.05) is 11.1 Å². The molecule has 0 atom stereocenters. The predicted molar refractivity (Wildman–Crippen MR) is 90.6 cm³/mol. The third-order valence-electron chi connectivity index (χ3n) is 3.19. The van der Waals surface area contributed by atoms with E-state index in [-0.39, 0.29) is 11.5 Å². The first-order chi connectivity index (χ1) is 11.0. The number of nitrogen functional groups attached to an aromatic ring is 1. The topological polar surface area (TPSA) is 68.3 Å². The van der Waals surface area contributed by atoms with Crippen molar-refractivity contribution >= 4 is 33.2 Å². The lowest BCUT2D eigenvalue weighted by molar-refractivity contribution is 0.0997. The predicted octanol–water partition coefficient (Wildman–Crippen LogP) is 4.68. The van der Waals surface area contributed by atoms with Crippen LogP contribution in [0.2, 0.25) is 0 Å². The van der Waals surface area contributed by atoms with Gasteiger partial charge in [0.1, 0.15) is 11.6 Å². The number of carbonyl (C=O) groups is 1. The van der Waals surface area contributed by atoms with Crippen molar-refractivity contribution in [1.82, 2.24) is 0 Å². The molecule has 4 nitrogen and oxygen atoms in total. The van der Waals surface area contributed by atoms with Gasteiger partial charge in [0.05, 0.1) is 5.56 Å². The average molecular weight is 375 g/mol. The molecular weight excluding hydrogens is 363 g/mol. The first-order valence-electron chi connectivity index (χ1n) is 6.75. The van der Waals surface area contributed by atoms with Gasteiger partial charge in [-0.2, -0.15) is 0 Å². The molecule has 1 heterocycles. The van der Waals surface area contributed by atoms with E-state index in [4.69, 9.17) is 10.2 Å². The van der Waals surface area contributed by atoms with Crippen LogP contribution in [0.25, 0.3) is 11.3 Å². The van der Waals surface area contributed by atoms with Crippen LogP contribution in [0.4, 0.5) is 15.8 Å². The van der Waals surface area contributed by atoms with Gasteiger partial charge in [0.25, 0.3) is 5.91 Å². The summed E-state index contributed by atoms with van der Waals surface area (Å²) in [6, 6.07) is 14.4. The van der Waals surface area contributed by atoms with E-state index in [2.05, 4.69) is 21.2 Å². The van der Waals surface area contributed by atoms with Gasteiger partial charge in [-0.15, -0.1) is 0 Å². The Morgan fingerprint density at radius 3 is 2.52 bits per heavy atom. The van der Waals surface area contributed by atoms with Crippen LogP contribution >= 0.6 is 15.9 Å². The summed E-state index contributed by atoms with van der Waals surface area (Å²) in [6.07, 6.45) is 0. The van der Waals surface area contributed by atoms with Crippen molar-refractivity contribution in [2.45, 2.75) is 0 Å². The summed E-state index contributed by atoms with van der Waals surface area (Å²) in [6.45, 7) is 0. The summed E-state index contributed by atoms with van der Waals surface area (Å²) in [4.78, 5) is 12.1. The minimum atomic E-state index is -0.431. The first-order valence-corrected chi connectivity index (χ1v) is 7.54. The maximum absolute atomic E-state index is 13.9. The zero-order valence-electron chi connectivity index (χ0n) is 11.8. The van der Waals surface area contributed by atoms with Crippen LogP contribution in [0, 0.1) is 5.82 Å². The van der Waals surface area contributed by atoms with Crippen LogP contribution in [0.15, 0.2) is 63.5 Å². The Bertz CT molecular complexity index is 859. The smallest absolute Gasteiger partial charge is 0.291 e. The number of carbonyl (C=O) groups excluding carboxylic acids is 1. The van der Waals surface area contributed by atoms with Gasteiger partial charge in [0.2, 0.25) is 0 Å². The van der Waals surface area contributed by atoms with Crippen LogP contribution in [0.1, 0.15) is 10.6 Å². The quantitative estimate of drug-likeness (QED) is 0.653. The maximum Gasteiger partial charge on any atom is 0.291 e. The second-order valence-corrected chi connectivity index (χ2v) is 5.78. The fourth-order valence-electron chi connectivity index (χ4n) is 2.05. The molecule has 0 unspecified atom stereocenters. The van der Waals surface area contributed by atoms with Gasteiger partial charge < -0.3 is 15.5 Å². The van der Waals surface area contributed by atoms with Gasteiger partial charge in [0.15, 0.2) is 5.76 Å². The molecule has 0 aliphatic heterocycles. The molecule has 0 bridgehead atoms. The summed E-state index contributed by atoms with van der Waals surface area (Å²) < 4.78 is 20.0. The lowest BCUT2D eigenvalue weighted by Crippen LogP contribution is -2.10. The van der Waals surface area contributed by atoms with E-state index in [0.29, 0.717) is 21.4 Å². The number of furan rings is 1. The molecule has 1 aromatic heterocycles. The van der Waals surface area contributed by atoms with Gasteiger partial charge in [0, 0.05) is 15.8 Å². The summed E-state index contributed by atoms with van der Waals surface area (Å²) >= 11 is 3.20. The van der Waals surface area contributed by atoms with Crippen molar-refractivity contribution < 1.29 is 13.6 Å². The molecule has 0 saturated carbocycles. The number of benzene rings is 2. The monoisotopic (exact) mass is 374 g/mol. The standard InChI is InChI=1S/C17H12BrFN2O2/c18-10-1-6-13(14(19)9-10)15-7-8-16(23-15)17(22)21-12-4-2-11(20)3-5-12/h1-9H,20H2,(H,21,22). The van der Waals surface area contributed by atoms with E-state index < -0.39 is 11.7 Å². The normalized spacial score (nSPS) is 10.5. The van der Waals surface area contributed by atoms with Crippen molar-refractivity contribution in [3.8, 4) is 11.3 Å². The van der Waals surface area contributed by atoms with Gasteiger partial charge in [-0.1, -0.05) is 15.9 Å². The van der Waals surface area contributed by atoms with Crippen molar-refractivity contribution in [1.29, 1.82) is 0 Å². The summed E-state index contributed by atoms with van der Waals surface area (Å²) in [5.74, 6) is -0.464. The zero-order chi connectivity index (χ0) is 16.4. The summed E-state index contributed by atoms with van der Waals surface area (Å²) in [5.41, 5.74) is 7.08. The highest BCUT2D eigenvalue weighted by Gasteiger charge is 2.15. The van der Waals surface area contributed by atoms with Crippen LogP contribution in [-0.2, 0) is 0 Å². The molecular formula is C17H12BrFN2O2. The number of nitrogens with two attached hydrogens (primary N) is 1. The van der Waals surface area contributed by atoms with E-state index in [1.807, 2.05) is 0 Å². The Balaban J connectivity index is 1.81. The van der Waals surface area contributed by atoms with Gasteiger partial charge in [-0.25, -0.2) is 4.39 Å². The summed E-state index contributed by atoms with van der Waals surface area (Å²) in [7, 11) is 0. The van der Waals surface area contributed by atoms with Gasteiger partial charge in [-0.3, -0.25) is 4.79 Å². The fourth-order valence-corrected chi connectivity index (χ4v) is 2.39. The van der Waals surface area contributed by atoms with E-state index in [0.717, 1.165) is 0 Å². The van der Waals surface area contributed by atoms with Crippen LogP contribution in [0.3, 0.4) is 0 Å². The molecule has 3 N–H and O–H groups in total. The SMILES string of the molecule is Nc1ccc(NC(=O)c2ccc(-c3ccc(Br)cc3F)o2)cc1. The Hall–Kier alpha value is -2.60. The van der Waals surface area contributed by atoms with E-state index in [9.17, 15) is 9.18 Å². The van der Waals surface area contributed by atoms with Crippen LogP contribution in [-0.4, -0.2) is 5.91 Å². The van der Waals surface area contributed by atoms with Gasteiger partial charge >= 0.3 is 0 Å². The van der Waals surface area contributed by atoms with Crippen molar-refractivity contribution in [2.24, 2.45) is 0 Å². The third-order valence-corrected chi connectivity index (χ3v) is 3.69. The number of anilines is 2. The number of halogens is 2. The van der Waals surface area contributed by atoms with E-state index in [1.54, 1.807) is 42.5 Å². The average Bonchev–Trinajstić information content (AvgIpc) is 2.99. The van der Waals surface area contributed by atoms with Crippen LogP contribution < -0.4 is 11.1 Å². The lowest BCUT2D eigenvalue weighted by atomic mass is 10.1. The highest BCUT2D eigenvalue weighted by molar-refractivity contribution is 9.10. The van der Waals surface area contributed by atoms with E-state index in [1.165, 1.54) is 12.1 Å². The number of rotatable bonds is 3. The summed E-state index contributed by atoms with van der Waals surface area (Å²) in [5, 5.41) is 2.68.